The van der Waals surface area contributed by atoms with Gasteiger partial charge in [-0.1, -0.05) is 24.3 Å². The zero-order valence-electron chi connectivity index (χ0n) is 10.9. The van der Waals surface area contributed by atoms with Gasteiger partial charge in [-0.15, -0.1) is 0 Å². The van der Waals surface area contributed by atoms with Crippen molar-refractivity contribution in [2.24, 2.45) is 0 Å². The first kappa shape index (κ1) is 13.7. The van der Waals surface area contributed by atoms with Gasteiger partial charge in [0.15, 0.2) is 0 Å². The zero-order valence-corrected chi connectivity index (χ0v) is 10.9. The lowest BCUT2D eigenvalue weighted by Crippen LogP contribution is -2.08. The van der Waals surface area contributed by atoms with Crippen molar-refractivity contribution in [3.8, 4) is 0 Å². The maximum atomic E-state index is 11.1. The molecule has 0 heterocycles. The summed E-state index contributed by atoms with van der Waals surface area (Å²) < 4.78 is 10.3. The van der Waals surface area contributed by atoms with Gasteiger partial charge in [0.1, 0.15) is 0 Å². The van der Waals surface area contributed by atoms with Crippen LogP contribution in [-0.4, -0.2) is 19.2 Å². The maximum Gasteiger partial charge on any atom is 0.309 e. The van der Waals surface area contributed by atoms with Crippen LogP contribution in [0.4, 0.5) is 0 Å². The van der Waals surface area contributed by atoms with E-state index >= 15 is 0 Å². The monoisotopic (exact) mass is 236 g/mol. The molecular formula is C14H20O3. The largest absolute Gasteiger partial charge is 0.469 e. The molecule has 0 saturated heterocycles. The highest BCUT2D eigenvalue weighted by atomic mass is 16.5. The third-order valence-electron chi connectivity index (χ3n) is 2.50. The van der Waals surface area contributed by atoms with E-state index in [9.17, 15) is 4.79 Å². The molecule has 0 spiro atoms. The third-order valence-corrected chi connectivity index (χ3v) is 2.50. The van der Waals surface area contributed by atoms with Crippen LogP contribution in [0.15, 0.2) is 24.3 Å². The molecule has 0 aliphatic carbocycles. The van der Waals surface area contributed by atoms with E-state index in [1.807, 2.05) is 45.0 Å². The van der Waals surface area contributed by atoms with Crippen LogP contribution in [0.1, 0.15) is 38.0 Å². The summed E-state index contributed by atoms with van der Waals surface area (Å²) in [7, 11) is 1.40. The highest BCUT2D eigenvalue weighted by molar-refractivity contribution is 5.72. The molecule has 0 bridgehead atoms. The fourth-order valence-electron chi connectivity index (χ4n) is 1.63. The molecule has 0 aliphatic rings. The molecule has 0 N–H and O–H groups in total. The van der Waals surface area contributed by atoms with Crippen molar-refractivity contribution in [3.63, 3.8) is 0 Å². The number of carbonyl (C=O) groups excluding carboxylic acids is 1. The molecule has 0 radical (unpaired) electrons. The van der Waals surface area contributed by atoms with E-state index in [1.165, 1.54) is 7.11 Å². The summed E-state index contributed by atoms with van der Waals surface area (Å²) in [6, 6.07) is 7.86. The lowest BCUT2D eigenvalue weighted by Gasteiger charge is -2.16. The lowest BCUT2D eigenvalue weighted by molar-refractivity contribution is -0.139. The molecule has 1 aromatic rings. The second-order valence-corrected chi connectivity index (χ2v) is 4.32. The minimum Gasteiger partial charge on any atom is -0.469 e. The molecular weight excluding hydrogens is 216 g/mol. The minimum atomic E-state index is -0.218. The van der Waals surface area contributed by atoms with Crippen molar-refractivity contribution < 1.29 is 14.3 Å². The third kappa shape index (κ3) is 4.57. The predicted molar refractivity (Wildman–Crippen MR) is 66.8 cm³/mol. The Balaban J connectivity index is 2.64. The highest BCUT2D eigenvalue weighted by Gasteiger charge is 2.08. The number of carbonyl (C=O) groups is 1. The Morgan fingerprint density at radius 3 is 2.24 bits per heavy atom. The summed E-state index contributed by atoms with van der Waals surface area (Å²) in [5, 5.41) is 0. The molecule has 0 amide bonds. The first-order chi connectivity index (χ1) is 8.02. The van der Waals surface area contributed by atoms with Crippen molar-refractivity contribution >= 4 is 5.97 Å². The number of ether oxygens (including phenoxy) is 2. The molecule has 0 saturated carbocycles. The average molecular weight is 236 g/mol. The lowest BCUT2D eigenvalue weighted by atomic mass is 10.1. The van der Waals surface area contributed by atoms with Gasteiger partial charge in [-0.05, 0) is 31.9 Å². The van der Waals surface area contributed by atoms with Crippen molar-refractivity contribution in [3.05, 3.63) is 35.4 Å². The smallest absolute Gasteiger partial charge is 0.309 e. The Hall–Kier alpha value is -1.35. The highest BCUT2D eigenvalue weighted by Crippen LogP contribution is 2.19. The summed E-state index contributed by atoms with van der Waals surface area (Å²) >= 11 is 0. The molecule has 0 aromatic heterocycles. The van der Waals surface area contributed by atoms with Crippen LogP contribution in [0.3, 0.4) is 0 Å². The van der Waals surface area contributed by atoms with Gasteiger partial charge in [-0.25, -0.2) is 0 Å². The van der Waals surface area contributed by atoms with Gasteiger partial charge < -0.3 is 9.47 Å². The Kier molecular flexibility index (Phi) is 5.16. The van der Waals surface area contributed by atoms with E-state index in [-0.39, 0.29) is 18.2 Å². The van der Waals surface area contributed by atoms with E-state index in [0.717, 1.165) is 11.1 Å². The molecule has 0 fully saturated rings. The molecule has 0 aliphatic heterocycles. The van der Waals surface area contributed by atoms with E-state index in [2.05, 4.69) is 4.74 Å². The van der Waals surface area contributed by atoms with Gasteiger partial charge in [-0.2, -0.15) is 0 Å². The number of esters is 1. The van der Waals surface area contributed by atoms with Crippen molar-refractivity contribution in [2.75, 3.05) is 7.11 Å². The molecule has 1 rings (SSSR count). The molecule has 3 heteroatoms. The number of rotatable bonds is 5. The summed E-state index contributed by atoms with van der Waals surface area (Å²) in [5.74, 6) is -0.218. The number of methoxy groups -OCH3 is 1. The van der Waals surface area contributed by atoms with Crippen LogP contribution in [-0.2, 0) is 20.7 Å². The van der Waals surface area contributed by atoms with Gasteiger partial charge >= 0.3 is 5.97 Å². The topological polar surface area (TPSA) is 35.5 Å². The van der Waals surface area contributed by atoms with Crippen molar-refractivity contribution in [1.82, 2.24) is 0 Å². The second kappa shape index (κ2) is 6.40. The van der Waals surface area contributed by atoms with Crippen LogP contribution in [0.25, 0.3) is 0 Å². The van der Waals surface area contributed by atoms with E-state index in [1.54, 1.807) is 0 Å². The van der Waals surface area contributed by atoms with E-state index in [4.69, 9.17) is 4.74 Å². The summed E-state index contributed by atoms with van der Waals surface area (Å²) in [4.78, 5) is 11.1. The summed E-state index contributed by atoms with van der Waals surface area (Å²) in [6.07, 6.45) is 0.595. The summed E-state index contributed by atoms with van der Waals surface area (Å²) in [6.45, 7) is 6.06. The van der Waals surface area contributed by atoms with Gasteiger partial charge in [0, 0.05) is 0 Å². The SMILES string of the molecule is COC(=O)Cc1ccc([C@H](C)OC(C)C)cc1. The Morgan fingerprint density at radius 2 is 1.76 bits per heavy atom. The molecule has 1 aromatic carbocycles. The number of benzene rings is 1. The average Bonchev–Trinajstić information content (AvgIpc) is 2.28. The van der Waals surface area contributed by atoms with Gasteiger partial charge in [0.25, 0.3) is 0 Å². The van der Waals surface area contributed by atoms with Crippen LogP contribution >= 0.6 is 0 Å². The van der Waals surface area contributed by atoms with Gasteiger partial charge in [0.05, 0.1) is 25.7 Å². The van der Waals surface area contributed by atoms with Crippen molar-refractivity contribution in [2.45, 2.75) is 39.4 Å². The quantitative estimate of drug-likeness (QED) is 0.737. The molecule has 1 atom stereocenters. The standard InChI is InChI=1S/C14H20O3/c1-10(2)17-11(3)13-7-5-12(6-8-13)9-14(15)16-4/h5-8,10-11H,9H2,1-4H3/t11-/m0/s1. The zero-order chi connectivity index (χ0) is 12.8. The maximum absolute atomic E-state index is 11.1. The fraction of sp³-hybridized carbons (Fsp3) is 0.500. The first-order valence-electron chi connectivity index (χ1n) is 5.84. The number of hydrogen-bond acceptors (Lipinski definition) is 3. The van der Waals surface area contributed by atoms with E-state index in [0.29, 0.717) is 6.42 Å². The molecule has 17 heavy (non-hydrogen) atoms. The molecule has 0 unspecified atom stereocenters. The number of hydrogen-bond donors (Lipinski definition) is 0. The van der Waals surface area contributed by atoms with Gasteiger partial charge in [-0.3, -0.25) is 4.79 Å². The predicted octanol–water partition coefficient (Wildman–Crippen LogP) is 2.89. The summed E-state index contributed by atoms with van der Waals surface area (Å²) in [5.41, 5.74) is 2.07. The van der Waals surface area contributed by atoms with Crippen LogP contribution < -0.4 is 0 Å². The Morgan fingerprint density at radius 1 is 1.18 bits per heavy atom. The molecule has 94 valence electrons. The van der Waals surface area contributed by atoms with Crippen LogP contribution in [0, 0.1) is 0 Å². The molecule has 3 nitrogen and oxygen atoms in total. The minimum absolute atomic E-state index is 0.0715. The second-order valence-electron chi connectivity index (χ2n) is 4.32. The first-order valence-corrected chi connectivity index (χ1v) is 5.84. The van der Waals surface area contributed by atoms with Gasteiger partial charge in [0.2, 0.25) is 0 Å². The van der Waals surface area contributed by atoms with Crippen LogP contribution in [0.2, 0.25) is 0 Å². The van der Waals surface area contributed by atoms with Crippen LogP contribution in [0.5, 0.6) is 0 Å². The van der Waals surface area contributed by atoms with E-state index < -0.39 is 0 Å². The fourth-order valence-corrected chi connectivity index (χ4v) is 1.63. The Bertz CT molecular complexity index is 354. The Labute approximate surface area is 103 Å². The van der Waals surface area contributed by atoms with Crippen molar-refractivity contribution in [1.29, 1.82) is 0 Å². The normalized spacial score (nSPS) is 12.5.